The molecule has 7 heteroatoms. The monoisotopic (exact) mass is 477 g/mol. The van der Waals surface area contributed by atoms with Gasteiger partial charge in [0.2, 0.25) is 0 Å². The van der Waals surface area contributed by atoms with E-state index >= 15 is 0 Å². The number of aliphatic imine (C=N–C) groups is 1. The molecule has 1 heterocycles. The van der Waals surface area contributed by atoms with E-state index in [0.29, 0.717) is 0 Å². The van der Waals surface area contributed by atoms with Gasteiger partial charge in [0.1, 0.15) is 5.82 Å². The van der Waals surface area contributed by atoms with Crippen molar-refractivity contribution < 1.29 is 4.39 Å². The van der Waals surface area contributed by atoms with E-state index in [2.05, 4.69) is 39.4 Å². The van der Waals surface area contributed by atoms with E-state index in [1.54, 1.807) is 12.1 Å². The van der Waals surface area contributed by atoms with E-state index < -0.39 is 0 Å². The number of benzene rings is 1. The molecule has 1 saturated heterocycles. The summed E-state index contributed by atoms with van der Waals surface area (Å²) in [6.07, 6.45) is 2.01. The largest absolute Gasteiger partial charge is 0.357 e. The van der Waals surface area contributed by atoms with Crippen molar-refractivity contribution in [2.75, 3.05) is 59.4 Å². The van der Waals surface area contributed by atoms with Gasteiger partial charge in [0.05, 0.1) is 6.54 Å². The second-order valence-corrected chi connectivity index (χ2v) is 6.57. The first kappa shape index (κ1) is 23.1. The molecule has 0 aromatic heterocycles. The molecule has 0 bridgehead atoms. The van der Waals surface area contributed by atoms with Crippen LogP contribution in [0.1, 0.15) is 18.9 Å². The van der Waals surface area contributed by atoms with Gasteiger partial charge in [0.25, 0.3) is 0 Å². The molecule has 1 aromatic carbocycles. The molecule has 2 N–H and O–H groups in total. The molecule has 1 fully saturated rings. The highest BCUT2D eigenvalue weighted by Gasteiger charge is 2.11. The molecule has 1 aliphatic rings. The standard InChI is InChI=1S/C19H32FN5.HI/c1-3-21-19(22-9-8-17-6-4-7-18(20)16-17)23-10-13-25-12-5-11-24(2)14-15-25;/h4,6-7,16H,3,5,8-15H2,1-2H3,(H2,21,22,23);1H. The zero-order valence-corrected chi connectivity index (χ0v) is 18.3. The Morgan fingerprint density at radius 3 is 2.81 bits per heavy atom. The predicted molar refractivity (Wildman–Crippen MR) is 118 cm³/mol. The first-order chi connectivity index (χ1) is 12.2. The van der Waals surface area contributed by atoms with Crippen LogP contribution in [-0.2, 0) is 6.42 Å². The molecule has 0 saturated carbocycles. The van der Waals surface area contributed by atoms with Crippen LogP contribution in [0.25, 0.3) is 0 Å². The molecule has 148 valence electrons. The molecule has 0 unspecified atom stereocenters. The average Bonchev–Trinajstić information content (AvgIpc) is 2.79. The second-order valence-electron chi connectivity index (χ2n) is 6.57. The SMILES string of the molecule is CCNC(=NCCN1CCCN(C)CC1)NCCc1cccc(F)c1.I. The van der Waals surface area contributed by atoms with Gasteiger partial charge in [-0.15, -0.1) is 24.0 Å². The van der Waals surface area contributed by atoms with Crippen molar-refractivity contribution >= 4 is 29.9 Å². The Morgan fingerprint density at radius 1 is 1.19 bits per heavy atom. The number of nitrogens with zero attached hydrogens (tertiary/aromatic N) is 3. The summed E-state index contributed by atoms with van der Waals surface area (Å²) in [5.74, 6) is 0.659. The highest BCUT2D eigenvalue weighted by molar-refractivity contribution is 14.0. The van der Waals surface area contributed by atoms with Gasteiger partial charge in [0, 0.05) is 32.7 Å². The third-order valence-corrected chi connectivity index (χ3v) is 4.44. The van der Waals surface area contributed by atoms with E-state index in [0.717, 1.165) is 63.8 Å². The number of halogens is 2. The highest BCUT2D eigenvalue weighted by atomic mass is 127. The van der Waals surface area contributed by atoms with Gasteiger partial charge in [-0.25, -0.2) is 4.39 Å². The molecular formula is C19H33FIN5. The zero-order chi connectivity index (χ0) is 17.9. The maximum atomic E-state index is 13.2. The lowest BCUT2D eigenvalue weighted by molar-refractivity contribution is 0.283. The Labute approximate surface area is 174 Å². The number of rotatable bonds is 7. The number of nitrogens with one attached hydrogen (secondary N) is 2. The fourth-order valence-corrected chi connectivity index (χ4v) is 2.99. The number of hydrogen-bond acceptors (Lipinski definition) is 3. The van der Waals surface area contributed by atoms with Gasteiger partial charge >= 0.3 is 0 Å². The van der Waals surface area contributed by atoms with Crippen molar-refractivity contribution in [3.05, 3.63) is 35.6 Å². The van der Waals surface area contributed by atoms with Crippen LogP contribution in [0.5, 0.6) is 0 Å². The average molecular weight is 477 g/mol. The maximum absolute atomic E-state index is 13.2. The molecule has 1 aromatic rings. The van der Waals surface area contributed by atoms with Crippen LogP contribution >= 0.6 is 24.0 Å². The van der Waals surface area contributed by atoms with E-state index in [-0.39, 0.29) is 29.8 Å². The molecule has 0 atom stereocenters. The Hall–Kier alpha value is -0.930. The molecule has 0 amide bonds. The van der Waals surface area contributed by atoms with Crippen LogP contribution in [-0.4, -0.2) is 75.2 Å². The van der Waals surface area contributed by atoms with Gasteiger partial charge in [-0.1, -0.05) is 12.1 Å². The Balaban J connectivity index is 0.00000338. The topological polar surface area (TPSA) is 42.9 Å². The van der Waals surface area contributed by atoms with Crippen molar-refractivity contribution in [1.29, 1.82) is 0 Å². The first-order valence-electron chi connectivity index (χ1n) is 9.35. The smallest absolute Gasteiger partial charge is 0.191 e. The lowest BCUT2D eigenvalue weighted by atomic mass is 10.1. The molecule has 0 aliphatic carbocycles. The number of hydrogen-bond donors (Lipinski definition) is 2. The number of likely N-dealkylation sites (N-methyl/N-ethyl adjacent to an activating group) is 1. The van der Waals surface area contributed by atoms with Crippen molar-refractivity contribution in [1.82, 2.24) is 20.4 Å². The molecule has 5 nitrogen and oxygen atoms in total. The van der Waals surface area contributed by atoms with Gasteiger partial charge in [-0.2, -0.15) is 0 Å². The molecule has 0 radical (unpaired) electrons. The quantitative estimate of drug-likeness (QED) is 0.359. The second kappa shape index (κ2) is 13.3. The van der Waals surface area contributed by atoms with E-state index in [1.807, 2.05) is 6.07 Å². The minimum absolute atomic E-state index is 0. The fraction of sp³-hybridized carbons (Fsp3) is 0.632. The fourth-order valence-electron chi connectivity index (χ4n) is 2.99. The highest BCUT2D eigenvalue weighted by Crippen LogP contribution is 2.03. The van der Waals surface area contributed by atoms with Crippen LogP contribution < -0.4 is 10.6 Å². The number of guanidine groups is 1. The van der Waals surface area contributed by atoms with Crippen molar-refractivity contribution in [3.8, 4) is 0 Å². The lowest BCUT2D eigenvalue weighted by Crippen LogP contribution is -2.39. The summed E-state index contributed by atoms with van der Waals surface area (Å²) in [4.78, 5) is 9.55. The molecule has 0 spiro atoms. The summed E-state index contributed by atoms with van der Waals surface area (Å²) < 4.78 is 13.2. The zero-order valence-electron chi connectivity index (χ0n) is 16.0. The van der Waals surface area contributed by atoms with Crippen LogP contribution in [0.3, 0.4) is 0 Å². The molecule has 2 rings (SSSR count). The minimum atomic E-state index is -0.179. The van der Waals surface area contributed by atoms with Crippen LogP contribution in [0, 0.1) is 5.82 Å². The summed E-state index contributed by atoms with van der Waals surface area (Å²) in [5.41, 5.74) is 0.997. The summed E-state index contributed by atoms with van der Waals surface area (Å²) in [5, 5.41) is 6.61. The van der Waals surface area contributed by atoms with E-state index in [4.69, 9.17) is 0 Å². The van der Waals surface area contributed by atoms with Crippen LogP contribution in [0.4, 0.5) is 4.39 Å². The molecule has 26 heavy (non-hydrogen) atoms. The Bertz CT molecular complexity index is 540. The third kappa shape index (κ3) is 9.14. The van der Waals surface area contributed by atoms with Crippen molar-refractivity contribution in [2.45, 2.75) is 19.8 Å². The summed E-state index contributed by atoms with van der Waals surface area (Å²) in [6, 6.07) is 6.76. The van der Waals surface area contributed by atoms with Crippen molar-refractivity contribution in [2.24, 2.45) is 4.99 Å². The predicted octanol–water partition coefficient (Wildman–Crippen LogP) is 2.18. The van der Waals surface area contributed by atoms with Gasteiger partial charge in [-0.05, 0) is 57.6 Å². The Kier molecular flexibility index (Phi) is 11.8. The summed E-state index contributed by atoms with van der Waals surface area (Å²) in [6.45, 7) is 10.0. The van der Waals surface area contributed by atoms with Gasteiger partial charge < -0.3 is 20.4 Å². The summed E-state index contributed by atoms with van der Waals surface area (Å²) in [7, 11) is 2.19. The van der Waals surface area contributed by atoms with Crippen LogP contribution in [0.2, 0.25) is 0 Å². The maximum Gasteiger partial charge on any atom is 0.191 e. The van der Waals surface area contributed by atoms with Gasteiger partial charge in [-0.3, -0.25) is 4.99 Å². The van der Waals surface area contributed by atoms with E-state index in [9.17, 15) is 4.39 Å². The van der Waals surface area contributed by atoms with Crippen molar-refractivity contribution in [3.63, 3.8) is 0 Å². The van der Waals surface area contributed by atoms with Gasteiger partial charge in [0.15, 0.2) is 5.96 Å². The van der Waals surface area contributed by atoms with E-state index in [1.165, 1.54) is 19.0 Å². The first-order valence-corrected chi connectivity index (χ1v) is 9.35. The lowest BCUT2D eigenvalue weighted by Gasteiger charge is -2.19. The molecular weight excluding hydrogens is 444 g/mol. The summed E-state index contributed by atoms with van der Waals surface area (Å²) >= 11 is 0. The Morgan fingerprint density at radius 2 is 2.04 bits per heavy atom. The third-order valence-electron chi connectivity index (χ3n) is 4.44. The minimum Gasteiger partial charge on any atom is -0.357 e. The molecule has 1 aliphatic heterocycles. The van der Waals surface area contributed by atoms with Crippen LogP contribution in [0.15, 0.2) is 29.3 Å². The normalized spacial score (nSPS) is 16.7.